The van der Waals surface area contributed by atoms with Crippen LogP contribution in [0.2, 0.25) is 0 Å². The van der Waals surface area contributed by atoms with Crippen molar-refractivity contribution in [3.8, 4) is 11.3 Å². The summed E-state index contributed by atoms with van der Waals surface area (Å²) in [6, 6.07) is 5.01. The predicted molar refractivity (Wildman–Crippen MR) is 81.3 cm³/mol. The average Bonchev–Trinajstić information content (AvgIpc) is 3.05. The maximum absolute atomic E-state index is 13.3. The number of aromatic nitrogens is 3. The first kappa shape index (κ1) is 16.9. The number of aliphatic hydroxyl groups excluding tert-OH is 3. The van der Waals surface area contributed by atoms with Gasteiger partial charge in [-0.2, -0.15) is 0 Å². The summed E-state index contributed by atoms with van der Waals surface area (Å²) < 4.78 is 20.1. The zero-order chi connectivity index (χ0) is 17.3. The molecule has 1 aliphatic rings. The van der Waals surface area contributed by atoms with E-state index in [0.717, 1.165) is 0 Å². The maximum atomic E-state index is 13.3. The van der Waals surface area contributed by atoms with Gasteiger partial charge in [0, 0.05) is 5.56 Å². The lowest BCUT2D eigenvalue weighted by atomic mass is 9.95. The molecule has 2 aromatic rings. The van der Waals surface area contributed by atoms with E-state index >= 15 is 0 Å². The molecule has 3 rings (SSSR count). The molecule has 1 aromatic carbocycles. The van der Waals surface area contributed by atoms with E-state index in [0.29, 0.717) is 11.3 Å². The lowest BCUT2D eigenvalue weighted by Gasteiger charge is -2.41. The Hall–Kier alpha value is -1.91. The second-order valence-electron chi connectivity index (χ2n) is 5.63. The number of hydrogen-bond acceptors (Lipinski definition) is 7. The Kier molecular flexibility index (Phi) is 4.88. The Morgan fingerprint density at radius 3 is 2.79 bits per heavy atom. The summed E-state index contributed by atoms with van der Waals surface area (Å²) in [7, 11) is 1.59. The van der Waals surface area contributed by atoms with Crippen LogP contribution in [0.1, 0.15) is 6.04 Å². The number of rotatable bonds is 4. The first-order valence-corrected chi connectivity index (χ1v) is 7.52. The molecule has 0 amide bonds. The van der Waals surface area contributed by atoms with Gasteiger partial charge in [-0.25, -0.2) is 9.07 Å². The van der Waals surface area contributed by atoms with Crippen molar-refractivity contribution in [2.45, 2.75) is 30.6 Å². The minimum atomic E-state index is -1.18. The second-order valence-corrected chi connectivity index (χ2v) is 5.63. The van der Waals surface area contributed by atoms with Crippen LogP contribution >= 0.6 is 0 Å². The smallest absolute Gasteiger partial charge is 0.136 e. The van der Waals surface area contributed by atoms with Crippen LogP contribution < -0.4 is 5.32 Å². The highest BCUT2D eigenvalue weighted by Gasteiger charge is 2.45. The predicted octanol–water partition coefficient (Wildman–Crippen LogP) is -0.716. The summed E-state index contributed by atoms with van der Waals surface area (Å²) in [5, 5.41) is 40.8. The van der Waals surface area contributed by atoms with Crippen LogP contribution in [0.4, 0.5) is 4.39 Å². The normalized spacial score (nSPS) is 30.5. The van der Waals surface area contributed by atoms with Gasteiger partial charge < -0.3 is 20.1 Å². The fourth-order valence-corrected chi connectivity index (χ4v) is 2.86. The molecule has 0 spiro atoms. The number of ether oxygens (including phenoxy) is 1. The fourth-order valence-electron chi connectivity index (χ4n) is 2.86. The van der Waals surface area contributed by atoms with E-state index in [1.165, 1.54) is 23.0 Å². The largest absolute Gasteiger partial charge is 0.394 e. The molecular formula is C15H19FN4O4. The Bertz CT molecular complexity index is 682. The topological polar surface area (TPSA) is 113 Å². The highest BCUT2D eigenvalue weighted by molar-refractivity contribution is 5.57. The number of halogens is 1. The van der Waals surface area contributed by atoms with Crippen molar-refractivity contribution >= 4 is 0 Å². The molecule has 8 nitrogen and oxygen atoms in total. The van der Waals surface area contributed by atoms with Crippen molar-refractivity contribution in [3.63, 3.8) is 0 Å². The van der Waals surface area contributed by atoms with Crippen LogP contribution in [-0.4, -0.2) is 68.5 Å². The monoisotopic (exact) mass is 338 g/mol. The van der Waals surface area contributed by atoms with Crippen LogP contribution in [0.5, 0.6) is 0 Å². The van der Waals surface area contributed by atoms with Crippen LogP contribution in [0, 0.1) is 5.82 Å². The van der Waals surface area contributed by atoms with Crippen molar-refractivity contribution in [1.29, 1.82) is 0 Å². The molecule has 24 heavy (non-hydrogen) atoms. The van der Waals surface area contributed by atoms with Crippen molar-refractivity contribution in [2.75, 3.05) is 13.7 Å². The van der Waals surface area contributed by atoms with Crippen molar-refractivity contribution in [1.82, 2.24) is 20.3 Å². The SMILES string of the molecule is CNC1OC(CO)[C@H](O)[C@H](n2cc(-c3cccc(F)c3)nn2)C1O. The summed E-state index contributed by atoms with van der Waals surface area (Å²) in [5.41, 5.74) is 0.933. The van der Waals surface area contributed by atoms with E-state index < -0.39 is 43.0 Å². The van der Waals surface area contributed by atoms with Gasteiger partial charge in [-0.05, 0) is 19.2 Å². The van der Waals surface area contributed by atoms with Gasteiger partial charge in [0.2, 0.25) is 0 Å². The number of likely N-dealkylation sites (N-methyl/N-ethyl adjacent to an activating group) is 1. The third-order valence-corrected chi connectivity index (χ3v) is 4.11. The van der Waals surface area contributed by atoms with Gasteiger partial charge >= 0.3 is 0 Å². The number of hydrogen-bond donors (Lipinski definition) is 4. The molecule has 0 aliphatic carbocycles. The molecule has 130 valence electrons. The molecular weight excluding hydrogens is 319 g/mol. The van der Waals surface area contributed by atoms with E-state index in [-0.39, 0.29) is 0 Å². The van der Waals surface area contributed by atoms with Crippen LogP contribution in [0.3, 0.4) is 0 Å². The third kappa shape index (κ3) is 3.04. The van der Waals surface area contributed by atoms with Gasteiger partial charge in [0.25, 0.3) is 0 Å². The number of benzene rings is 1. The van der Waals surface area contributed by atoms with E-state index in [1.807, 2.05) is 0 Å². The first-order chi connectivity index (χ1) is 11.5. The highest BCUT2D eigenvalue weighted by atomic mass is 19.1. The maximum Gasteiger partial charge on any atom is 0.136 e. The summed E-state index contributed by atoms with van der Waals surface area (Å²) in [6.07, 6.45) is -2.44. The molecule has 3 unspecified atom stereocenters. The minimum absolute atomic E-state index is 0.399. The van der Waals surface area contributed by atoms with E-state index in [2.05, 4.69) is 15.6 Å². The molecule has 4 N–H and O–H groups in total. The number of aliphatic hydroxyl groups is 3. The van der Waals surface area contributed by atoms with Crippen LogP contribution in [0.15, 0.2) is 30.5 Å². The third-order valence-electron chi connectivity index (χ3n) is 4.11. The van der Waals surface area contributed by atoms with Gasteiger partial charge in [-0.3, -0.25) is 5.32 Å². The molecule has 5 atom stereocenters. The van der Waals surface area contributed by atoms with Crippen molar-refractivity contribution in [3.05, 3.63) is 36.3 Å². The van der Waals surface area contributed by atoms with E-state index in [4.69, 9.17) is 4.74 Å². The van der Waals surface area contributed by atoms with Gasteiger partial charge in [0.1, 0.15) is 42.1 Å². The van der Waals surface area contributed by atoms with Gasteiger partial charge in [0.15, 0.2) is 0 Å². The lowest BCUT2D eigenvalue weighted by Crippen LogP contribution is -2.59. The molecule has 1 fully saturated rings. The van der Waals surface area contributed by atoms with E-state index in [1.54, 1.807) is 19.2 Å². The molecule has 2 heterocycles. The lowest BCUT2D eigenvalue weighted by molar-refractivity contribution is -0.212. The number of nitrogens with zero attached hydrogens (tertiary/aromatic N) is 3. The molecule has 1 aromatic heterocycles. The molecule has 0 saturated carbocycles. The van der Waals surface area contributed by atoms with Crippen molar-refractivity contribution in [2.24, 2.45) is 0 Å². The van der Waals surface area contributed by atoms with Crippen LogP contribution in [0.25, 0.3) is 11.3 Å². The highest BCUT2D eigenvalue weighted by Crippen LogP contribution is 2.29. The zero-order valence-electron chi connectivity index (χ0n) is 13.0. The standard InChI is InChI=1S/C15H19FN4O4/c1-17-15-14(23)12(13(22)11(7-21)24-15)20-6-10(18-19-20)8-3-2-4-9(16)5-8/h2-6,11-15,17,21-23H,7H2,1H3/t11?,12-,13-,14?,15?/m0/s1. The quantitative estimate of drug-likeness (QED) is 0.582. The molecule has 1 saturated heterocycles. The Morgan fingerprint density at radius 1 is 1.33 bits per heavy atom. The summed E-state index contributed by atoms with van der Waals surface area (Å²) in [4.78, 5) is 0. The molecule has 9 heteroatoms. The zero-order valence-corrected chi connectivity index (χ0v) is 13.0. The molecule has 1 aliphatic heterocycles. The molecule has 0 bridgehead atoms. The van der Waals surface area contributed by atoms with E-state index in [9.17, 15) is 19.7 Å². The summed E-state index contributed by atoms with van der Waals surface area (Å²) in [6.45, 7) is -0.409. The number of nitrogens with one attached hydrogen (secondary N) is 1. The van der Waals surface area contributed by atoms with Crippen molar-refractivity contribution < 1.29 is 24.4 Å². The minimum Gasteiger partial charge on any atom is -0.394 e. The summed E-state index contributed by atoms with van der Waals surface area (Å²) >= 11 is 0. The van der Waals surface area contributed by atoms with Gasteiger partial charge in [-0.1, -0.05) is 17.3 Å². The second kappa shape index (κ2) is 6.91. The first-order valence-electron chi connectivity index (χ1n) is 7.52. The summed E-state index contributed by atoms with van der Waals surface area (Å²) in [5.74, 6) is -0.399. The Labute approximate surface area is 137 Å². The average molecular weight is 338 g/mol. The van der Waals surface area contributed by atoms with Gasteiger partial charge in [-0.15, -0.1) is 5.10 Å². The molecule has 0 radical (unpaired) electrons. The van der Waals surface area contributed by atoms with Crippen LogP contribution in [-0.2, 0) is 4.74 Å². The van der Waals surface area contributed by atoms with Gasteiger partial charge in [0.05, 0.1) is 12.8 Å². The Balaban J connectivity index is 1.92. The Morgan fingerprint density at radius 2 is 2.12 bits per heavy atom. The fraction of sp³-hybridized carbons (Fsp3) is 0.467.